The van der Waals surface area contributed by atoms with Gasteiger partial charge in [-0.05, 0) is 37.5 Å². The highest BCUT2D eigenvalue weighted by atomic mass is 16.2. The van der Waals surface area contributed by atoms with E-state index in [0.29, 0.717) is 6.42 Å². The van der Waals surface area contributed by atoms with Crippen LogP contribution in [-0.2, 0) is 11.2 Å². The summed E-state index contributed by atoms with van der Waals surface area (Å²) in [6.07, 6.45) is 3.14. The van der Waals surface area contributed by atoms with Gasteiger partial charge in [0, 0.05) is 6.20 Å². The molecule has 1 unspecified atom stereocenters. The number of nitrogens with one attached hydrogen (secondary N) is 1. The summed E-state index contributed by atoms with van der Waals surface area (Å²) in [5.41, 5.74) is 7.99. The molecule has 2 rings (SSSR count). The van der Waals surface area contributed by atoms with E-state index in [-0.39, 0.29) is 11.9 Å². The molecule has 0 aliphatic rings. The van der Waals surface area contributed by atoms with E-state index in [1.807, 2.05) is 55.5 Å². The van der Waals surface area contributed by atoms with Crippen LogP contribution in [0.3, 0.4) is 0 Å². The molecule has 0 saturated heterocycles. The Morgan fingerprint density at radius 3 is 2.57 bits per heavy atom. The van der Waals surface area contributed by atoms with Crippen LogP contribution in [0, 0.1) is 0 Å². The largest absolute Gasteiger partial charge is 0.347 e. The third kappa shape index (κ3) is 4.68. The topological polar surface area (TPSA) is 68.0 Å². The van der Waals surface area contributed by atoms with Gasteiger partial charge in [0.1, 0.15) is 0 Å². The molecule has 0 fully saturated rings. The van der Waals surface area contributed by atoms with Crippen LogP contribution in [0.15, 0.2) is 54.7 Å². The van der Waals surface area contributed by atoms with Gasteiger partial charge < -0.3 is 11.1 Å². The Bertz CT molecular complexity index is 557. The van der Waals surface area contributed by atoms with Crippen LogP contribution in [0.25, 0.3) is 0 Å². The fourth-order valence-electron chi connectivity index (χ4n) is 2.12. The maximum atomic E-state index is 12.1. The molecule has 21 heavy (non-hydrogen) atoms. The molecule has 3 N–H and O–H groups in total. The number of carbonyl (C=O) groups excluding carboxylic acids is 1. The van der Waals surface area contributed by atoms with Crippen LogP contribution < -0.4 is 11.1 Å². The maximum absolute atomic E-state index is 12.1. The summed E-state index contributed by atoms with van der Waals surface area (Å²) in [5, 5.41) is 2.91. The highest BCUT2D eigenvalue weighted by Gasteiger charge is 2.16. The molecule has 2 atom stereocenters. The van der Waals surface area contributed by atoms with Gasteiger partial charge in [0.15, 0.2) is 0 Å². The van der Waals surface area contributed by atoms with E-state index in [1.165, 1.54) is 5.56 Å². The first-order valence-corrected chi connectivity index (χ1v) is 7.17. The normalized spacial score (nSPS) is 13.4. The zero-order chi connectivity index (χ0) is 15.1. The zero-order valence-electron chi connectivity index (χ0n) is 12.2. The van der Waals surface area contributed by atoms with Crippen molar-refractivity contribution in [3.8, 4) is 0 Å². The molecule has 4 heteroatoms. The summed E-state index contributed by atoms with van der Waals surface area (Å²) in [4.78, 5) is 16.3. The molecule has 0 aliphatic heterocycles. The lowest BCUT2D eigenvalue weighted by atomic mass is 10.0. The van der Waals surface area contributed by atoms with E-state index < -0.39 is 6.04 Å². The summed E-state index contributed by atoms with van der Waals surface area (Å²) in [7, 11) is 0. The second-order valence-corrected chi connectivity index (χ2v) is 5.12. The second kappa shape index (κ2) is 7.55. The molecule has 1 amide bonds. The Balaban J connectivity index is 1.82. The molecule has 0 spiro atoms. The predicted molar refractivity (Wildman–Crippen MR) is 83.5 cm³/mol. The van der Waals surface area contributed by atoms with Crippen LogP contribution in [-0.4, -0.2) is 16.9 Å². The Morgan fingerprint density at radius 2 is 1.90 bits per heavy atom. The first-order chi connectivity index (χ1) is 10.2. The summed E-state index contributed by atoms with van der Waals surface area (Å²) < 4.78 is 0. The monoisotopic (exact) mass is 283 g/mol. The minimum absolute atomic E-state index is 0.135. The van der Waals surface area contributed by atoms with Gasteiger partial charge in [0.25, 0.3) is 0 Å². The van der Waals surface area contributed by atoms with Crippen molar-refractivity contribution in [1.82, 2.24) is 10.3 Å². The number of aromatic nitrogens is 1. The summed E-state index contributed by atoms with van der Waals surface area (Å²) in [6.45, 7) is 1.91. The number of pyridine rings is 1. The van der Waals surface area contributed by atoms with Crippen LogP contribution in [0.4, 0.5) is 0 Å². The summed E-state index contributed by atoms with van der Waals surface area (Å²) >= 11 is 0. The molecule has 2 aromatic rings. The van der Waals surface area contributed by atoms with E-state index in [1.54, 1.807) is 6.20 Å². The fourth-order valence-corrected chi connectivity index (χ4v) is 2.12. The SMILES string of the molecule is C[C@@H](NC(=O)C(N)CCc1ccccc1)c1ccccn1. The minimum atomic E-state index is -0.503. The van der Waals surface area contributed by atoms with Gasteiger partial charge in [-0.25, -0.2) is 0 Å². The van der Waals surface area contributed by atoms with Crippen LogP contribution >= 0.6 is 0 Å². The van der Waals surface area contributed by atoms with Crippen molar-refractivity contribution in [2.24, 2.45) is 5.73 Å². The smallest absolute Gasteiger partial charge is 0.237 e. The van der Waals surface area contributed by atoms with E-state index in [2.05, 4.69) is 10.3 Å². The first kappa shape index (κ1) is 15.2. The molecular weight excluding hydrogens is 262 g/mol. The van der Waals surface area contributed by atoms with Crippen molar-refractivity contribution in [2.75, 3.05) is 0 Å². The molecule has 1 heterocycles. The van der Waals surface area contributed by atoms with Crippen LogP contribution in [0.5, 0.6) is 0 Å². The molecule has 0 radical (unpaired) electrons. The molecule has 0 aliphatic carbocycles. The van der Waals surface area contributed by atoms with Crippen molar-refractivity contribution in [3.05, 3.63) is 66.0 Å². The van der Waals surface area contributed by atoms with E-state index >= 15 is 0 Å². The van der Waals surface area contributed by atoms with Crippen LogP contribution in [0.2, 0.25) is 0 Å². The van der Waals surface area contributed by atoms with Crippen molar-refractivity contribution >= 4 is 5.91 Å². The maximum Gasteiger partial charge on any atom is 0.237 e. The standard InChI is InChI=1S/C17H21N3O/c1-13(16-9-5-6-12-19-16)20-17(21)15(18)11-10-14-7-3-2-4-8-14/h2-9,12-13,15H,10-11,18H2,1H3,(H,20,21)/t13-,15?/m1/s1. The number of hydrogen-bond acceptors (Lipinski definition) is 3. The van der Waals surface area contributed by atoms with Crippen molar-refractivity contribution in [1.29, 1.82) is 0 Å². The molecule has 0 saturated carbocycles. The third-order valence-corrected chi connectivity index (χ3v) is 3.41. The quantitative estimate of drug-likeness (QED) is 0.854. The van der Waals surface area contributed by atoms with E-state index in [4.69, 9.17) is 5.73 Å². The number of benzene rings is 1. The molecule has 0 bridgehead atoms. The van der Waals surface area contributed by atoms with Gasteiger partial charge in [-0.3, -0.25) is 9.78 Å². The number of nitrogens with two attached hydrogens (primary N) is 1. The molecule has 4 nitrogen and oxygen atoms in total. The lowest BCUT2D eigenvalue weighted by Crippen LogP contribution is -2.42. The lowest BCUT2D eigenvalue weighted by molar-refractivity contribution is -0.123. The van der Waals surface area contributed by atoms with Crippen molar-refractivity contribution in [2.45, 2.75) is 31.8 Å². The average molecular weight is 283 g/mol. The number of amides is 1. The Kier molecular flexibility index (Phi) is 5.46. The first-order valence-electron chi connectivity index (χ1n) is 7.17. The second-order valence-electron chi connectivity index (χ2n) is 5.12. The minimum Gasteiger partial charge on any atom is -0.347 e. The third-order valence-electron chi connectivity index (χ3n) is 3.41. The fraction of sp³-hybridized carbons (Fsp3) is 0.294. The number of aryl methyl sites for hydroxylation is 1. The van der Waals surface area contributed by atoms with Gasteiger partial charge >= 0.3 is 0 Å². The predicted octanol–water partition coefficient (Wildman–Crippen LogP) is 2.22. The van der Waals surface area contributed by atoms with Crippen molar-refractivity contribution in [3.63, 3.8) is 0 Å². The Hall–Kier alpha value is -2.20. The molecule has 1 aromatic carbocycles. The number of rotatable bonds is 6. The van der Waals surface area contributed by atoms with Gasteiger partial charge in [0.2, 0.25) is 5.91 Å². The zero-order valence-corrected chi connectivity index (χ0v) is 12.2. The number of hydrogen-bond donors (Lipinski definition) is 2. The van der Waals surface area contributed by atoms with E-state index in [9.17, 15) is 4.79 Å². The number of carbonyl (C=O) groups is 1. The van der Waals surface area contributed by atoms with Gasteiger partial charge in [0.05, 0.1) is 17.8 Å². The van der Waals surface area contributed by atoms with E-state index in [0.717, 1.165) is 12.1 Å². The van der Waals surface area contributed by atoms with Gasteiger partial charge in [-0.1, -0.05) is 36.4 Å². The summed E-state index contributed by atoms with van der Waals surface area (Å²) in [5.74, 6) is -0.135. The van der Waals surface area contributed by atoms with Gasteiger partial charge in [-0.15, -0.1) is 0 Å². The molecular formula is C17H21N3O. The van der Waals surface area contributed by atoms with Crippen molar-refractivity contribution < 1.29 is 4.79 Å². The summed E-state index contributed by atoms with van der Waals surface area (Å²) in [6, 6.07) is 15.0. The molecule has 110 valence electrons. The highest BCUT2D eigenvalue weighted by molar-refractivity contribution is 5.81. The highest BCUT2D eigenvalue weighted by Crippen LogP contribution is 2.09. The average Bonchev–Trinajstić information content (AvgIpc) is 2.54. The molecule has 1 aromatic heterocycles. The van der Waals surface area contributed by atoms with Gasteiger partial charge in [-0.2, -0.15) is 0 Å². The Labute approximate surface area is 125 Å². The lowest BCUT2D eigenvalue weighted by Gasteiger charge is -2.17. The van der Waals surface area contributed by atoms with Crippen LogP contribution in [0.1, 0.15) is 30.6 Å². The Morgan fingerprint density at radius 1 is 1.19 bits per heavy atom. The number of nitrogens with zero attached hydrogens (tertiary/aromatic N) is 1.